The Morgan fingerprint density at radius 3 is 2.44 bits per heavy atom. The van der Waals surface area contributed by atoms with Gasteiger partial charge in [-0.25, -0.2) is 0 Å². The van der Waals surface area contributed by atoms with Gasteiger partial charge < -0.3 is 10.3 Å². The zero-order valence-electron chi connectivity index (χ0n) is 5.11. The van der Waals surface area contributed by atoms with Gasteiger partial charge in [-0.1, -0.05) is 0 Å². The summed E-state index contributed by atoms with van der Waals surface area (Å²) in [5.41, 5.74) is 0. The Morgan fingerprint density at radius 2 is 2.11 bits per heavy atom. The van der Waals surface area contributed by atoms with Crippen LogP contribution in [0.25, 0.3) is 0 Å². The van der Waals surface area contributed by atoms with Crippen molar-refractivity contribution in [2.45, 2.75) is 0 Å². The van der Waals surface area contributed by atoms with E-state index in [9.17, 15) is 5.21 Å². The van der Waals surface area contributed by atoms with Crippen molar-refractivity contribution in [1.82, 2.24) is 0 Å². The minimum atomic E-state index is -0.271. The molecule has 0 fully saturated rings. The molecular weight excluding hydrogens is 129 g/mol. The molecule has 0 saturated carbocycles. The fourth-order valence-corrected chi connectivity index (χ4v) is 0.419. The van der Waals surface area contributed by atoms with Crippen molar-refractivity contribution < 1.29 is 39.4 Å². The molecular formula is C5H5NNaO2+. The molecule has 0 atom stereocenters. The van der Waals surface area contributed by atoms with E-state index in [-0.39, 0.29) is 35.4 Å². The van der Waals surface area contributed by atoms with Crippen LogP contribution in [-0.2, 0) is 0 Å². The second-order valence-corrected chi connectivity index (χ2v) is 1.38. The van der Waals surface area contributed by atoms with Gasteiger partial charge in [-0.15, -0.1) is 4.73 Å². The molecule has 42 valence electrons. The van der Waals surface area contributed by atoms with E-state index in [0.717, 1.165) is 0 Å². The van der Waals surface area contributed by atoms with Gasteiger partial charge in [0, 0.05) is 6.07 Å². The molecule has 0 aromatic carbocycles. The molecule has 0 spiro atoms. The molecule has 3 nitrogen and oxygen atoms in total. The van der Waals surface area contributed by atoms with Gasteiger partial charge in [-0.3, -0.25) is 0 Å². The van der Waals surface area contributed by atoms with E-state index >= 15 is 0 Å². The van der Waals surface area contributed by atoms with E-state index in [1.807, 2.05) is 0 Å². The molecule has 9 heavy (non-hydrogen) atoms. The Balaban J connectivity index is 0.000000640. The van der Waals surface area contributed by atoms with Gasteiger partial charge in [0.25, 0.3) is 0 Å². The summed E-state index contributed by atoms with van der Waals surface area (Å²) in [6.07, 6.45) is 1.23. The zero-order valence-corrected chi connectivity index (χ0v) is 7.11. The SMILES string of the molecule is [Na+].[O-][n+]1ccccc1O. The minimum absolute atomic E-state index is 0. The third-order valence-corrected chi connectivity index (χ3v) is 0.804. The summed E-state index contributed by atoms with van der Waals surface area (Å²) in [7, 11) is 0. The fourth-order valence-electron chi connectivity index (χ4n) is 0.419. The standard InChI is InChI=1S/C5H5NO2.Na/c7-5-3-1-2-4-6(5)8;/h1-4,7H;/q;+1. The maximum absolute atomic E-state index is 10.3. The van der Waals surface area contributed by atoms with Gasteiger partial charge in [0.05, 0.1) is 6.07 Å². The molecule has 0 aliphatic heterocycles. The average molecular weight is 134 g/mol. The topological polar surface area (TPSA) is 47.2 Å². The van der Waals surface area contributed by atoms with E-state index in [4.69, 9.17) is 5.11 Å². The van der Waals surface area contributed by atoms with Gasteiger partial charge >= 0.3 is 35.4 Å². The number of pyridine rings is 1. The van der Waals surface area contributed by atoms with Crippen molar-refractivity contribution in [3.8, 4) is 5.88 Å². The smallest absolute Gasteiger partial charge is 0.616 e. The Bertz CT molecular complexity index is 171. The Morgan fingerprint density at radius 1 is 1.44 bits per heavy atom. The Labute approximate surface area is 74.8 Å². The summed E-state index contributed by atoms with van der Waals surface area (Å²) < 4.78 is 0.389. The van der Waals surface area contributed by atoms with Crippen LogP contribution in [0.4, 0.5) is 0 Å². The van der Waals surface area contributed by atoms with Gasteiger partial charge in [0.2, 0.25) is 0 Å². The van der Waals surface area contributed by atoms with Crippen molar-refractivity contribution in [3.63, 3.8) is 0 Å². The largest absolute Gasteiger partial charge is 1.00 e. The number of aromatic nitrogens is 1. The van der Waals surface area contributed by atoms with Crippen LogP contribution in [0.3, 0.4) is 0 Å². The summed E-state index contributed by atoms with van der Waals surface area (Å²) >= 11 is 0. The maximum atomic E-state index is 10.3. The van der Waals surface area contributed by atoms with Crippen LogP contribution in [0.5, 0.6) is 5.88 Å². The van der Waals surface area contributed by atoms with Crippen molar-refractivity contribution in [1.29, 1.82) is 0 Å². The van der Waals surface area contributed by atoms with E-state index in [2.05, 4.69) is 0 Å². The summed E-state index contributed by atoms with van der Waals surface area (Å²) in [6, 6.07) is 4.46. The van der Waals surface area contributed by atoms with Crippen LogP contribution in [-0.4, -0.2) is 5.11 Å². The molecule has 0 saturated heterocycles. The van der Waals surface area contributed by atoms with Gasteiger partial charge in [-0.2, -0.15) is 0 Å². The summed E-state index contributed by atoms with van der Waals surface area (Å²) in [5.74, 6) is -0.271. The average Bonchev–Trinajstić information content (AvgIpc) is 1.77. The summed E-state index contributed by atoms with van der Waals surface area (Å²) in [4.78, 5) is 0. The normalized spacial score (nSPS) is 8.00. The zero-order chi connectivity index (χ0) is 5.98. The van der Waals surface area contributed by atoms with E-state index < -0.39 is 0 Å². The van der Waals surface area contributed by atoms with Crippen LogP contribution < -0.4 is 34.3 Å². The first kappa shape index (κ1) is 8.75. The van der Waals surface area contributed by atoms with Crippen molar-refractivity contribution in [2.24, 2.45) is 0 Å². The molecule has 0 unspecified atom stereocenters. The molecule has 0 radical (unpaired) electrons. The number of nitrogens with zero attached hydrogens (tertiary/aromatic N) is 1. The fraction of sp³-hybridized carbons (Fsp3) is 0. The van der Waals surface area contributed by atoms with Crippen LogP contribution >= 0.6 is 0 Å². The first-order valence-electron chi connectivity index (χ1n) is 2.18. The molecule has 1 aromatic heterocycles. The molecule has 1 rings (SSSR count). The van der Waals surface area contributed by atoms with Gasteiger partial charge in [0.1, 0.15) is 0 Å². The monoisotopic (exact) mass is 134 g/mol. The second kappa shape index (κ2) is 3.71. The van der Waals surface area contributed by atoms with E-state index in [1.165, 1.54) is 12.3 Å². The van der Waals surface area contributed by atoms with Crippen molar-refractivity contribution in [2.75, 3.05) is 0 Å². The third kappa shape index (κ3) is 2.22. The summed E-state index contributed by atoms with van der Waals surface area (Å²) in [5, 5.41) is 18.9. The Hall–Kier alpha value is -0.250. The van der Waals surface area contributed by atoms with Crippen LogP contribution in [0.15, 0.2) is 24.4 Å². The first-order valence-corrected chi connectivity index (χ1v) is 2.18. The third-order valence-electron chi connectivity index (χ3n) is 0.804. The molecule has 4 heteroatoms. The number of hydrogen-bond acceptors (Lipinski definition) is 2. The van der Waals surface area contributed by atoms with Crippen molar-refractivity contribution in [3.05, 3.63) is 29.6 Å². The molecule has 0 aliphatic rings. The Kier molecular flexibility index (Phi) is 3.61. The predicted octanol–water partition coefficient (Wildman–Crippen LogP) is -2.97. The van der Waals surface area contributed by atoms with Crippen LogP contribution in [0.2, 0.25) is 0 Å². The molecule has 1 aromatic rings. The first-order chi connectivity index (χ1) is 3.80. The predicted molar refractivity (Wildman–Crippen MR) is 27.1 cm³/mol. The second-order valence-electron chi connectivity index (χ2n) is 1.38. The molecule has 0 bridgehead atoms. The van der Waals surface area contributed by atoms with E-state index in [1.54, 1.807) is 12.1 Å². The molecule has 0 amide bonds. The van der Waals surface area contributed by atoms with Gasteiger partial charge in [0.15, 0.2) is 6.20 Å². The van der Waals surface area contributed by atoms with Crippen LogP contribution in [0.1, 0.15) is 0 Å². The number of aromatic hydroxyl groups is 1. The van der Waals surface area contributed by atoms with Gasteiger partial charge in [-0.05, 0) is 6.07 Å². The van der Waals surface area contributed by atoms with Crippen LogP contribution in [0, 0.1) is 5.21 Å². The minimum Gasteiger partial charge on any atom is -0.616 e. The van der Waals surface area contributed by atoms with E-state index in [0.29, 0.717) is 4.73 Å². The quantitative estimate of drug-likeness (QED) is 0.234. The molecule has 0 aliphatic carbocycles. The van der Waals surface area contributed by atoms with Crippen molar-refractivity contribution >= 4 is 0 Å². The summed E-state index contributed by atoms with van der Waals surface area (Å²) in [6.45, 7) is 0. The molecule has 1 N–H and O–H groups in total. The number of hydrogen-bond donors (Lipinski definition) is 1. The number of rotatable bonds is 0. The molecule has 1 heterocycles. The maximum Gasteiger partial charge on any atom is 1.00 e.